The highest BCUT2D eigenvalue weighted by atomic mass is 16.5. The predicted octanol–water partition coefficient (Wildman–Crippen LogP) is 0.655. The first kappa shape index (κ1) is 18.7. The molecule has 1 aliphatic rings. The number of aliphatic hydroxyl groups is 1. The fraction of sp³-hybridized carbons (Fsp3) is 0.350. The molecule has 0 radical (unpaired) electrons. The first-order chi connectivity index (χ1) is 13.0. The number of hydrogen-bond donors (Lipinski definition) is 2. The number of rotatable bonds is 4. The summed E-state index contributed by atoms with van der Waals surface area (Å²) in [7, 11) is 0. The Bertz CT molecular complexity index is 866. The Morgan fingerprint density at radius 2 is 2.15 bits per heavy atom. The van der Waals surface area contributed by atoms with E-state index < -0.39 is 12.1 Å². The Morgan fingerprint density at radius 3 is 2.85 bits per heavy atom. The van der Waals surface area contributed by atoms with E-state index in [1.54, 1.807) is 13.0 Å². The van der Waals surface area contributed by atoms with Gasteiger partial charge in [0.15, 0.2) is 0 Å². The molecule has 1 aromatic carbocycles. The molecule has 0 spiro atoms. The molecule has 2 atom stereocenters. The number of hydrogen-bond acceptors (Lipinski definition) is 5. The normalized spacial score (nSPS) is 18.7. The second kappa shape index (κ2) is 8.52. The molecule has 0 aliphatic carbocycles. The average molecular weight is 367 g/mol. The number of benzene rings is 1. The molecule has 2 heterocycles. The van der Waals surface area contributed by atoms with E-state index in [0.29, 0.717) is 11.5 Å². The lowest BCUT2D eigenvalue weighted by molar-refractivity contribution is -0.138. The molecule has 2 N–H and O–H groups in total. The van der Waals surface area contributed by atoms with Crippen LogP contribution in [-0.2, 0) is 16.0 Å². The molecule has 2 amide bonds. The molecule has 3 rings (SSSR count). The zero-order valence-electron chi connectivity index (χ0n) is 15.0. The largest absolute Gasteiger partial charge is 0.391 e. The van der Waals surface area contributed by atoms with Crippen LogP contribution in [0.5, 0.6) is 0 Å². The molecule has 1 fully saturated rings. The standard InChI is InChI=1S/C20H21N3O4/c1-14-10-17(27-22-14)12-19(25)23-13-16(24)11-18(23)20(26)21-9-5-8-15-6-3-2-4-7-15/h2-4,6-7,10,16,18,24H,9,11-13H2,1H3,(H,21,26)/t16-,18+/m1/s1. The molecule has 1 saturated heterocycles. The van der Waals surface area contributed by atoms with Crippen LogP contribution in [0.1, 0.15) is 23.4 Å². The van der Waals surface area contributed by atoms with Gasteiger partial charge < -0.3 is 19.8 Å². The number of β-amino-alcohol motifs (C(OH)–C–C–N with tert-alkyl or cyclic N) is 1. The molecule has 1 aromatic heterocycles. The van der Waals surface area contributed by atoms with E-state index >= 15 is 0 Å². The van der Waals surface area contributed by atoms with Gasteiger partial charge in [0.1, 0.15) is 11.8 Å². The number of carbonyl (C=O) groups excluding carboxylic acids is 2. The number of aliphatic hydroxyl groups excluding tert-OH is 1. The van der Waals surface area contributed by atoms with Crippen molar-refractivity contribution in [2.45, 2.75) is 31.9 Å². The topological polar surface area (TPSA) is 95.7 Å². The first-order valence-corrected chi connectivity index (χ1v) is 8.74. The quantitative estimate of drug-likeness (QED) is 0.774. The molecule has 2 aromatic rings. The van der Waals surface area contributed by atoms with Gasteiger partial charge in [-0.05, 0) is 19.1 Å². The molecule has 7 heteroatoms. The van der Waals surface area contributed by atoms with Crippen LogP contribution in [0, 0.1) is 18.8 Å². The van der Waals surface area contributed by atoms with E-state index in [9.17, 15) is 14.7 Å². The average Bonchev–Trinajstić information content (AvgIpc) is 3.25. The molecule has 27 heavy (non-hydrogen) atoms. The number of amides is 2. The summed E-state index contributed by atoms with van der Waals surface area (Å²) in [5, 5.41) is 16.4. The minimum Gasteiger partial charge on any atom is -0.391 e. The zero-order chi connectivity index (χ0) is 19.2. The van der Waals surface area contributed by atoms with Gasteiger partial charge in [0.25, 0.3) is 0 Å². The smallest absolute Gasteiger partial charge is 0.243 e. The lowest BCUT2D eigenvalue weighted by atomic mass is 10.1. The number of aryl methyl sites for hydroxylation is 1. The van der Waals surface area contributed by atoms with Crippen molar-refractivity contribution in [1.29, 1.82) is 0 Å². The van der Waals surface area contributed by atoms with Crippen LogP contribution in [0.25, 0.3) is 0 Å². The van der Waals surface area contributed by atoms with Gasteiger partial charge >= 0.3 is 0 Å². The van der Waals surface area contributed by atoms with E-state index in [1.165, 1.54) is 4.90 Å². The minimum absolute atomic E-state index is 0.00511. The summed E-state index contributed by atoms with van der Waals surface area (Å²) >= 11 is 0. The van der Waals surface area contributed by atoms with Gasteiger partial charge in [-0.2, -0.15) is 0 Å². The lowest BCUT2D eigenvalue weighted by Crippen LogP contribution is -2.46. The van der Waals surface area contributed by atoms with Crippen molar-refractivity contribution in [1.82, 2.24) is 15.4 Å². The Morgan fingerprint density at radius 1 is 1.37 bits per heavy atom. The van der Waals surface area contributed by atoms with Crippen molar-refractivity contribution in [2.24, 2.45) is 0 Å². The Hall–Kier alpha value is -3.11. The van der Waals surface area contributed by atoms with Crippen LogP contribution in [0.3, 0.4) is 0 Å². The van der Waals surface area contributed by atoms with Gasteiger partial charge in [-0.1, -0.05) is 35.2 Å². The molecular formula is C20H21N3O4. The summed E-state index contributed by atoms with van der Waals surface area (Å²) < 4.78 is 5.06. The number of aromatic nitrogens is 1. The van der Waals surface area contributed by atoms with Gasteiger partial charge in [-0.25, -0.2) is 0 Å². The predicted molar refractivity (Wildman–Crippen MR) is 97.4 cm³/mol. The van der Waals surface area contributed by atoms with Crippen LogP contribution in [0.2, 0.25) is 0 Å². The third-order valence-corrected chi connectivity index (χ3v) is 4.26. The molecule has 0 saturated carbocycles. The minimum atomic E-state index is -0.725. The van der Waals surface area contributed by atoms with Gasteiger partial charge in [0, 0.05) is 24.6 Å². The Kier molecular flexibility index (Phi) is 5.89. The zero-order valence-corrected chi connectivity index (χ0v) is 15.0. The lowest BCUT2D eigenvalue weighted by Gasteiger charge is -2.22. The molecule has 1 aliphatic heterocycles. The van der Waals surface area contributed by atoms with Gasteiger partial charge in [0.05, 0.1) is 24.8 Å². The van der Waals surface area contributed by atoms with E-state index in [0.717, 1.165) is 5.56 Å². The van der Waals surface area contributed by atoms with Crippen molar-refractivity contribution in [3.8, 4) is 11.8 Å². The van der Waals surface area contributed by atoms with Gasteiger partial charge in [0.2, 0.25) is 11.8 Å². The van der Waals surface area contributed by atoms with Gasteiger partial charge in [-0.15, -0.1) is 0 Å². The monoisotopic (exact) mass is 367 g/mol. The summed E-state index contributed by atoms with van der Waals surface area (Å²) in [6.07, 6.45) is -0.513. The molecule has 0 unspecified atom stereocenters. The third-order valence-electron chi connectivity index (χ3n) is 4.26. The maximum atomic E-state index is 12.5. The van der Waals surface area contributed by atoms with E-state index in [-0.39, 0.29) is 37.7 Å². The van der Waals surface area contributed by atoms with Gasteiger partial charge in [-0.3, -0.25) is 9.59 Å². The van der Waals surface area contributed by atoms with Crippen LogP contribution < -0.4 is 5.32 Å². The second-order valence-corrected chi connectivity index (χ2v) is 6.45. The van der Waals surface area contributed by atoms with Crippen molar-refractivity contribution < 1.29 is 19.2 Å². The highest BCUT2D eigenvalue weighted by molar-refractivity contribution is 5.89. The van der Waals surface area contributed by atoms with Crippen LogP contribution in [0.15, 0.2) is 40.9 Å². The fourth-order valence-corrected chi connectivity index (χ4v) is 3.01. The summed E-state index contributed by atoms with van der Waals surface area (Å²) in [5.74, 6) is 5.67. The van der Waals surface area contributed by atoms with Crippen LogP contribution in [0.4, 0.5) is 0 Å². The second-order valence-electron chi connectivity index (χ2n) is 6.45. The van der Waals surface area contributed by atoms with Crippen LogP contribution in [-0.4, -0.2) is 52.2 Å². The molecule has 7 nitrogen and oxygen atoms in total. The van der Waals surface area contributed by atoms with E-state index in [1.807, 2.05) is 30.3 Å². The number of nitrogens with one attached hydrogen (secondary N) is 1. The van der Waals surface area contributed by atoms with Crippen molar-refractivity contribution in [3.05, 3.63) is 53.4 Å². The number of carbonyl (C=O) groups is 2. The highest BCUT2D eigenvalue weighted by Crippen LogP contribution is 2.20. The molecule has 140 valence electrons. The summed E-state index contributed by atoms with van der Waals surface area (Å²) in [5.41, 5.74) is 1.55. The van der Waals surface area contributed by atoms with Crippen molar-refractivity contribution >= 4 is 11.8 Å². The fourth-order valence-electron chi connectivity index (χ4n) is 3.01. The van der Waals surface area contributed by atoms with Crippen molar-refractivity contribution in [2.75, 3.05) is 13.1 Å². The summed E-state index contributed by atoms with van der Waals surface area (Å²) in [6.45, 7) is 2.06. The number of likely N-dealkylation sites (tertiary alicyclic amines) is 1. The Labute approximate surface area is 157 Å². The maximum Gasteiger partial charge on any atom is 0.243 e. The van der Waals surface area contributed by atoms with Crippen molar-refractivity contribution in [3.63, 3.8) is 0 Å². The Balaban J connectivity index is 1.57. The first-order valence-electron chi connectivity index (χ1n) is 8.74. The molecule has 0 bridgehead atoms. The third kappa shape index (κ3) is 4.96. The maximum absolute atomic E-state index is 12.5. The van der Waals surface area contributed by atoms with E-state index in [2.05, 4.69) is 22.3 Å². The highest BCUT2D eigenvalue weighted by Gasteiger charge is 2.38. The summed E-state index contributed by atoms with van der Waals surface area (Å²) in [4.78, 5) is 26.4. The number of nitrogens with zero attached hydrogens (tertiary/aromatic N) is 2. The summed E-state index contributed by atoms with van der Waals surface area (Å²) in [6, 6.07) is 10.4. The SMILES string of the molecule is Cc1cc(CC(=O)N2C[C@H](O)C[C@H]2C(=O)NCC#Cc2ccccc2)on1. The van der Waals surface area contributed by atoms with Crippen LogP contribution >= 0.6 is 0 Å². The van der Waals surface area contributed by atoms with E-state index in [4.69, 9.17) is 4.52 Å². The molecular weight excluding hydrogens is 346 g/mol.